The zero-order valence-electron chi connectivity index (χ0n) is 16.8. The molecule has 158 valence electrons. The Morgan fingerprint density at radius 3 is 2.17 bits per heavy atom. The van der Waals surface area contributed by atoms with Crippen LogP contribution in [0, 0.1) is 0 Å². The van der Waals surface area contributed by atoms with Crippen LogP contribution in [0.2, 0.25) is 0 Å². The number of hydrogen-bond acceptors (Lipinski definition) is 5. The number of benzene rings is 1. The van der Waals surface area contributed by atoms with Crippen molar-refractivity contribution in [1.82, 2.24) is 14.7 Å². The minimum atomic E-state index is -0.332. The van der Waals surface area contributed by atoms with Crippen LogP contribution in [0.15, 0.2) is 24.3 Å². The first-order valence-corrected chi connectivity index (χ1v) is 11.1. The van der Waals surface area contributed by atoms with Crippen molar-refractivity contribution in [2.24, 2.45) is 0 Å². The number of carbonyl (C=O) groups excluding carboxylic acids is 3. The monoisotopic (exact) mass is 420 g/mol. The first kappa shape index (κ1) is 21.3. The summed E-state index contributed by atoms with van der Waals surface area (Å²) < 4.78 is 4.99. The van der Waals surface area contributed by atoms with Crippen molar-refractivity contribution in [3.8, 4) is 0 Å². The minimum Gasteiger partial charge on any atom is -0.450 e. The molecule has 0 unspecified atom stereocenters. The van der Waals surface area contributed by atoms with E-state index in [2.05, 4.69) is 5.32 Å². The van der Waals surface area contributed by atoms with E-state index in [1.807, 2.05) is 40.9 Å². The molecule has 0 bridgehead atoms. The van der Waals surface area contributed by atoms with Crippen molar-refractivity contribution >= 4 is 35.5 Å². The van der Waals surface area contributed by atoms with Crippen LogP contribution in [0.3, 0.4) is 0 Å². The topological polar surface area (TPSA) is 82.2 Å². The highest BCUT2D eigenvalue weighted by molar-refractivity contribution is 7.99. The molecule has 1 N–H and O–H groups in total. The van der Waals surface area contributed by atoms with Crippen LogP contribution in [-0.4, -0.2) is 90.1 Å². The van der Waals surface area contributed by atoms with Crippen LogP contribution in [0.4, 0.5) is 15.3 Å². The molecule has 0 spiro atoms. The lowest BCUT2D eigenvalue weighted by atomic mass is 10.1. The van der Waals surface area contributed by atoms with Gasteiger partial charge < -0.3 is 24.8 Å². The Hall–Kier alpha value is -2.42. The number of piperazine rings is 1. The van der Waals surface area contributed by atoms with Crippen molar-refractivity contribution in [3.63, 3.8) is 0 Å². The normalized spacial score (nSPS) is 17.1. The Bertz CT molecular complexity index is 714. The molecule has 2 heterocycles. The second kappa shape index (κ2) is 10.4. The summed E-state index contributed by atoms with van der Waals surface area (Å²) in [7, 11) is 0. The Morgan fingerprint density at radius 2 is 1.55 bits per heavy atom. The lowest BCUT2D eigenvalue weighted by Crippen LogP contribution is -2.51. The van der Waals surface area contributed by atoms with Gasteiger partial charge in [-0.15, -0.1) is 0 Å². The molecule has 3 rings (SSSR count). The molecule has 2 fully saturated rings. The lowest BCUT2D eigenvalue weighted by molar-refractivity contribution is -0.130. The fourth-order valence-electron chi connectivity index (χ4n) is 3.31. The van der Waals surface area contributed by atoms with Crippen LogP contribution in [0.25, 0.3) is 0 Å². The molecule has 2 saturated heterocycles. The highest BCUT2D eigenvalue weighted by Gasteiger charge is 2.25. The largest absolute Gasteiger partial charge is 0.450 e. The molecule has 1 aromatic rings. The summed E-state index contributed by atoms with van der Waals surface area (Å²) in [4.78, 5) is 41.8. The number of amides is 4. The Balaban J connectivity index is 1.45. The molecule has 2 aliphatic heterocycles. The van der Waals surface area contributed by atoms with Gasteiger partial charge in [-0.3, -0.25) is 4.79 Å². The van der Waals surface area contributed by atoms with Crippen LogP contribution in [0.5, 0.6) is 0 Å². The van der Waals surface area contributed by atoms with Gasteiger partial charge in [-0.25, -0.2) is 9.59 Å². The predicted molar refractivity (Wildman–Crippen MR) is 113 cm³/mol. The third kappa shape index (κ3) is 6.03. The van der Waals surface area contributed by atoms with Crippen LogP contribution < -0.4 is 5.32 Å². The lowest BCUT2D eigenvalue weighted by Gasteiger charge is -2.34. The number of rotatable bonds is 4. The van der Waals surface area contributed by atoms with Gasteiger partial charge >= 0.3 is 12.1 Å². The fourth-order valence-corrected chi connectivity index (χ4v) is 4.22. The number of carbonyl (C=O) groups is 3. The number of urea groups is 1. The zero-order valence-corrected chi connectivity index (χ0v) is 17.6. The van der Waals surface area contributed by atoms with Crippen molar-refractivity contribution in [3.05, 3.63) is 29.8 Å². The van der Waals surface area contributed by atoms with Gasteiger partial charge in [0.05, 0.1) is 13.0 Å². The average molecular weight is 421 g/mol. The van der Waals surface area contributed by atoms with Gasteiger partial charge in [-0.05, 0) is 24.6 Å². The van der Waals surface area contributed by atoms with Gasteiger partial charge in [0.15, 0.2) is 0 Å². The maximum atomic E-state index is 12.5. The molecule has 0 aromatic heterocycles. The van der Waals surface area contributed by atoms with Gasteiger partial charge in [-0.2, -0.15) is 11.8 Å². The first-order valence-electron chi connectivity index (χ1n) is 9.99. The summed E-state index contributed by atoms with van der Waals surface area (Å²) in [5, 5.41) is 2.88. The molecule has 0 aliphatic carbocycles. The summed E-state index contributed by atoms with van der Waals surface area (Å²) in [5.41, 5.74) is 1.63. The second-order valence-corrected chi connectivity index (χ2v) is 8.19. The maximum absolute atomic E-state index is 12.5. The van der Waals surface area contributed by atoms with Gasteiger partial charge in [0.25, 0.3) is 0 Å². The molecule has 29 heavy (non-hydrogen) atoms. The molecule has 8 nitrogen and oxygen atoms in total. The number of anilines is 1. The van der Waals surface area contributed by atoms with Crippen molar-refractivity contribution in [2.75, 3.05) is 62.7 Å². The molecule has 9 heteroatoms. The predicted octanol–water partition coefficient (Wildman–Crippen LogP) is 2.11. The number of hydrogen-bond donors (Lipinski definition) is 1. The molecule has 0 saturated carbocycles. The number of nitrogens with zero attached hydrogens (tertiary/aromatic N) is 3. The van der Waals surface area contributed by atoms with Gasteiger partial charge in [0, 0.05) is 56.5 Å². The van der Waals surface area contributed by atoms with Gasteiger partial charge in [0.2, 0.25) is 5.91 Å². The van der Waals surface area contributed by atoms with E-state index in [0.29, 0.717) is 44.9 Å². The van der Waals surface area contributed by atoms with E-state index in [9.17, 15) is 14.4 Å². The smallest absolute Gasteiger partial charge is 0.409 e. The highest BCUT2D eigenvalue weighted by atomic mass is 32.2. The standard InChI is InChI=1S/C20H28N4O4S/c1-2-28-20(27)24-9-7-23(8-10-24)19(26)21-17-5-3-16(4-6-17)15-18(25)22-11-13-29-14-12-22/h3-6H,2,7-15H2,1H3,(H,21,26). The summed E-state index contributed by atoms with van der Waals surface area (Å²) in [6.45, 7) is 5.61. The molecule has 1 aromatic carbocycles. The summed E-state index contributed by atoms with van der Waals surface area (Å²) in [6, 6.07) is 7.21. The van der Waals surface area contributed by atoms with E-state index in [4.69, 9.17) is 4.74 Å². The SMILES string of the molecule is CCOC(=O)N1CCN(C(=O)Nc2ccc(CC(=O)N3CCSCC3)cc2)CC1. The van der Waals surface area contributed by atoms with Crippen LogP contribution in [0.1, 0.15) is 12.5 Å². The fraction of sp³-hybridized carbons (Fsp3) is 0.550. The van der Waals surface area contributed by atoms with Crippen molar-refractivity contribution in [1.29, 1.82) is 0 Å². The van der Waals surface area contributed by atoms with E-state index >= 15 is 0 Å². The summed E-state index contributed by atoms with van der Waals surface area (Å²) in [5.74, 6) is 2.16. The van der Waals surface area contributed by atoms with E-state index in [1.54, 1.807) is 16.7 Å². The minimum absolute atomic E-state index is 0.154. The van der Waals surface area contributed by atoms with Crippen LogP contribution >= 0.6 is 11.8 Å². The molecular formula is C20H28N4O4S. The third-order valence-electron chi connectivity index (χ3n) is 5.02. The summed E-state index contributed by atoms with van der Waals surface area (Å²) >= 11 is 1.88. The molecule has 0 radical (unpaired) electrons. The first-order chi connectivity index (χ1) is 14.1. The van der Waals surface area contributed by atoms with E-state index in [0.717, 1.165) is 30.2 Å². The van der Waals surface area contributed by atoms with E-state index in [-0.39, 0.29) is 18.0 Å². The van der Waals surface area contributed by atoms with Crippen molar-refractivity contribution < 1.29 is 19.1 Å². The Labute approximate surface area is 175 Å². The molecular weight excluding hydrogens is 392 g/mol. The number of ether oxygens (including phenoxy) is 1. The highest BCUT2D eigenvalue weighted by Crippen LogP contribution is 2.15. The quantitative estimate of drug-likeness (QED) is 0.807. The van der Waals surface area contributed by atoms with Gasteiger partial charge in [-0.1, -0.05) is 12.1 Å². The van der Waals surface area contributed by atoms with Crippen molar-refractivity contribution in [2.45, 2.75) is 13.3 Å². The van der Waals surface area contributed by atoms with E-state index in [1.165, 1.54) is 0 Å². The zero-order chi connectivity index (χ0) is 20.6. The maximum Gasteiger partial charge on any atom is 0.409 e. The van der Waals surface area contributed by atoms with E-state index < -0.39 is 0 Å². The Morgan fingerprint density at radius 1 is 0.931 bits per heavy atom. The number of nitrogens with one attached hydrogen (secondary N) is 1. The number of thioether (sulfide) groups is 1. The average Bonchev–Trinajstić information content (AvgIpc) is 2.76. The summed E-state index contributed by atoms with van der Waals surface area (Å²) in [6.07, 6.45) is 0.0512. The van der Waals surface area contributed by atoms with Gasteiger partial charge in [0.1, 0.15) is 0 Å². The third-order valence-corrected chi connectivity index (χ3v) is 5.96. The molecule has 2 aliphatic rings. The second-order valence-electron chi connectivity index (χ2n) is 6.97. The molecule has 4 amide bonds. The Kier molecular flexibility index (Phi) is 7.62. The van der Waals surface area contributed by atoms with Crippen LogP contribution in [-0.2, 0) is 16.0 Å². The molecule has 0 atom stereocenters.